The summed E-state index contributed by atoms with van der Waals surface area (Å²) in [5, 5.41) is 0. The van der Waals surface area contributed by atoms with Crippen LogP contribution < -0.4 is 0 Å². The highest BCUT2D eigenvalue weighted by Gasteiger charge is 2.55. The summed E-state index contributed by atoms with van der Waals surface area (Å²) >= 11 is 0. The number of nitrogens with zero attached hydrogens (tertiary/aromatic N) is 2. The van der Waals surface area contributed by atoms with Crippen molar-refractivity contribution < 1.29 is 43.0 Å². The monoisotopic (exact) mass is 646 g/mol. The van der Waals surface area contributed by atoms with Crippen LogP contribution in [-0.4, -0.2) is 81.9 Å². The minimum atomic E-state index is -0.837. The summed E-state index contributed by atoms with van der Waals surface area (Å²) in [6, 6.07) is -1.51. The third-order valence-electron chi connectivity index (χ3n) is 7.44. The Morgan fingerprint density at radius 1 is 0.804 bits per heavy atom. The lowest BCUT2D eigenvalue weighted by atomic mass is 9.78. The molecule has 0 aromatic carbocycles. The molecule has 3 heterocycles. The first-order valence-electron chi connectivity index (χ1n) is 15.8. The Bertz CT molecular complexity index is 1140. The second-order valence-electron chi connectivity index (χ2n) is 13.8. The molecule has 3 aliphatic rings. The highest BCUT2D eigenvalue weighted by Crippen LogP contribution is 2.43. The Morgan fingerprint density at radius 2 is 1.26 bits per heavy atom. The van der Waals surface area contributed by atoms with Gasteiger partial charge in [0.15, 0.2) is 11.6 Å². The predicted octanol–water partition coefficient (Wildman–Crippen LogP) is 6.35. The second-order valence-corrected chi connectivity index (χ2v) is 13.8. The third-order valence-corrected chi connectivity index (χ3v) is 7.44. The normalized spacial score (nSPS) is 22.1. The summed E-state index contributed by atoms with van der Waals surface area (Å²) in [7, 11) is 0. The number of carbonyl (C=O) groups is 6. The summed E-state index contributed by atoms with van der Waals surface area (Å²) in [4.78, 5) is 74.8. The van der Waals surface area contributed by atoms with Crippen molar-refractivity contribution in [1.82, 2.24) is 9.80 Å². The molecule has 0 saturated carbocycles. The number of ether oxygens (including phenoxy) is 3. The zero-order valence-corrected chi connectivity index (χ0v) is 29.0. The Kier molecular flexibility index (Phi) is 15.3. The van der Waals surface area contributed by atoms with Gasteiger partial charge in [0.1, 0.15) is 23.3 Å². The van der Waals surface area contributed by atoms with Gasteiger partial charge in [-0.05, 0) is 100 Å². The molecule has 0 N–H and O–H groups in total. The molecule has 11 heteroatoms. The number of imide groups is 2. The van der Waals surface area contributed by atoms with Crippen LogP contribution in [0.25, 0.3) is 0 Å². The summed E-state index contributed by atoms with van der Waals surface area (Å²) in [5.41, 5.74) is -2.27. The van der Waals surface area contributed by atoms with Crippen LogP contribution in [0, 0.1) is 11.3 Å². The number of rotatable bonds is 8. The van der Waals surface area contributed by atoms with E-state index in [0.717, 1.165) is 23.0 Å². The molecule has 4 amide bonds. The Morgan fingerprint density at radius 3 is 1.61 bits per heavy atom. The zero-order chi connectivity index (χ0) is 35.5. The number of allylic oxidation sites excluding steroid dienone is 3. The standard InChI is InChI=1S/C17H25NO4.C14H21NO4.C4H8O/c1-7-9-17(10-8-2)11-13(12(3)19)18(14(17)20)15(21)22-16(4,5)6;1-6-7-10-8-11(9(2)16)15(12(10)17)13(18)19-14(3,4)5;1-2-4-5-3-1/h7-8,13H,1-2,9-11H2,3-6H3;6,10-11H,1,7-8H2,2-5H3;1-4H2. The lowest BCUT2D eigenvalue weighted by Gasteiger charge is -2.27. The van der Waals surface area contributed by atoms with Gasteiger partial charge >= 0.3 is 12.2 Å². The van der Waals surface area contributed by atoms with Crippen LogP contribution in [0.2, 0.25) is 0 Å². The predicted molar refractivity (Wildman–Crippen MR) is 175 cm³/mol. The molecule has 0 spiro atoms. The molecular formula is C35H54N2O9. The highest BCUT2D eigenvalue weighted by atomic mass is 16.6. The first kappa shape index (κ1) is 40.4. The topological polar surface area (TPSA) is 137 Å². The van der Waals surface area contributed by atoms with Gasteiger partial charge in [-0.15, -0.1) is 19.7 Å². The number of carbonyl (C=O) groups excluding carboxylic acids is 6. The van der Waals surface area contributed by atoms with E-state index in [-0.39, 0.29) is 35.7 Å². The first-order chi connectivity index (χ1) is 21.2. The SMILES string of the molecule is C1CCOC1.C=CCC1(CC=C)CC(C(C)=O)N(C(=O)OC(C)(C)C)C1=O.C=CCC1CC(C(C)=O)N(C(=O)OC(C)(C)C)C1=O. The van der Waals surface area contributed by atoms with E-state index in [9.17, 15) is 28.8 Å². The van der Waals surface area contributed by atoms with Crippen molar-refractivity contribution >= 4 is 35.6 Å². The summed E-state index contributed by atoms with van der Waals surface area (Å²) in [5.74, 6) is -1.53. The lowest BCUT2D eigenvalue weighted by Crippen LogP contribution is -2.46. The molecule has 3 atom stereocenters. The fourth-order valence-corrected chi connectivity index (χ4v) is 5.38. The van der Waals surface area contributed by atoms with Crippen LogP contribution in [0.4, 0.5) is 9.59 Å². The van der Waals surface area contributed by atoms with Gasteiger partial charge in [0.2, 0.25) is 11.8 Å². The highest BCUT2D eigenvalue weighted by molar-refractivity contribution is 6.04. The van der Waals surface area contributed by atoms with Crippen LogP contribution in [0.1, 0.15) is 100 Å². The maximum absolute atomic E-state index is 12.8. The van der Waals surface area contributed by atoms with Crippen LogP contribution in [-0.2, 0) is 33.4 Å². The Balaban J connectivity index is 0.000000401. The van der Waals surface area contributed by atoms with Gasteiger partial charge in [-0.1, -0.05) is 18.2 Å². The molecule has 258 valence electrons. The van der Waals surface area contributed by atoms with E-state index in [1.54, 1.807) is 59.8 Å². The maximum atomic E-state index is 12.8. The van der Waals surface area contributed by atoms with Gasteiger partial charge in [0, 0.05) is 19.1 Å². The largest absolute Gasteiger partial charge is 0.443 e. The molecular weight excluding hydrogens is 592 g/mol. The van der Waals surface area contributed by atoms with E-state index in [4.69, 9.17) is 14.2 Å². The minimum absolute atomic E-state index is 0.203. The van der Waals surface area contributed by atoms with Crippen LogP contribution in [0.3, 0.4) is 0 Å². The van der Waals surface area contributed by atoms with Gasteiger partial charge in [-0.3, -0.25) is 19.2 Å². The van der Waals surface area contributed by atoms with E-state index in [1.807, 2.05) is 0 Å². The average Bonchev–Trinajstić information content (AvgIpc) is 3.65. The summed E-state index contributed by atoms with van der Waals surface area (Å²) in [6.45, 7) is 26.0. The lowest BCUT2D eigenvalue weighted by molar-refractivity contribution is -0.138. The molecule has 3 rings (SSSR count). The third kappa shape index (κ3) is 11.6. The van der Waals surface area contributed by atoms with E-state index >= 15 is 0 Å². The fourth-order valence-electron chi connectivity index (χ4n) is 5.38. The van der Waals surface area contributed by atoms with Gasteiger partial charge in [-0.25, -0.2) is 19.4 Å². The van der Waals surface area contributed by atoms with E-state index < -0.39 is 40.9 Å². The molecule has 0 radical (unpaired) electrons. The molecule has 0 aromatic heterocycles. The molecule has 0 aromatic rings. The fraction of sp³-hybridized carbons (Fsp3) is 0.657. The quantitative estimate of drug-likeness (QED) is 0.276. The Labute approximate surface area is 274 Å². The second kappa shape index (κ2) is 17.4. The molecule has 46 heavy (non-hydrogen) atoms. The molecule has 3 saturated heterocycles. The molecule has 11 nitrogen and oxygen atoms in total. The number of ketones is 2. The van der Waals surface area contributed by atoms with Gasteiger partial charge in [0.25, 0.3) is 0 Å². The molecule has 3 fully saturated rings. The molecule has 0 aliphatic carbocycles. The zero-order valence-electron chi connectivity index (χ0n) is 29.0. The molecule has 3 unspecified atom stereocenters. The Hall–Kier alpha value is -3.60. The van der Waals surface area contributed by atoms with Crippen molar-refractivity contribution in [1.29, 1.82) is 0 Å². The summed E-state index contributed by atoms with van der Waals surface area (Å²) in [6.07, 6.45) is 7.80. The van der Waals surface area contributed by atoms with Crippen LogP contribution >= 0.6 is 0 Å². The summed E-state index contributed by atoms with van der Waals surface area (Å²) < 4.78 is 15.4. The van der Waals surface area contributed by atoms with E-state index in [1.165, 1.54) is 26.7 Å². The van der Waals surface area contributed by atoms with Crippen molar-refractivity contribution in [3.63, 3.8) is 0 Å². The molecule has 0 bridgehead atoms. The number of amides is 4. The number of likely N-dealkylation sites (tertiary alicyclic amines) is 2. The minimum Gasteiger partial charge on any atom is -0.443 e. The average molecular weight is 647 g/mol. The smallest absolute Gasteiger partial charge is 0.417 e. The van der Waals surface area contributed by atoms with Gasteiger partial charge in [-0.2, -0.15) is 0 Å². The molecule has 3 aliphatic heterocycles. The first-order valence-corrected chi connectivity index (χ1v) is 15.8. The van der Waals surface area contributed by atoms with Gasteiger partial charge in [0.05, 0.1) is 5.41 Å². The van der Waals surface area contributed by atoms with E-state index in [2.05, 4.69) is 19.7 Å². The van der Waals surface area contributed by atoms with Crippen molar-refractivity contribution in [2.45, 2.75) is 124 Å². The van der Waals surface area contributed by atoms with Crippen LogP contribution in [0.15, 0.2) is 38.0 Å². The van der Waals surface area contributed by atoms with Crippen molar-refractivity contribution in [3.05, 3.63) is 38.0 Å². The van der Waals surface area contributed by atoms with Crippen molar-refractivity contribution in [2.75, 3.05) is 13.2 Å². The number of Topliss-reactive ketones (excluding diaryl/α,β-unsaturated/α-hetero) is 2. The van der Waals surface area contributed by atoms with E-state index in [0.29, 0.717) is 25.7 Å². The maximum Gasteiger partial charge on any atom is 0.417 e. The number of hydrogen-bond donors (Lipinski definition) is 0. The number of hydrogen-bond acceptors (Lipinski definition) is 9. The van der Waals surface area contributed by atoms with Crippen molar-refractivity contribution in [3.8, 4) is 0 Å². The van der Waals surface area contributed by atoms with Crippen molar-refractivity contribution in [2.24, 2.45) is 11.3 Å². The van der Waals surface area contributed by atoms with Crippen LogP contribution in [0.5, 0.6) is 0 Å². The van der Waals surface area contributed by atoms with Gasteiger partial charge < -0.3 is 14.2 Å².